The maximum atomic E-state index is 10.9. The number of carboxylic acid groups (broad SMARTS) is 1. The number of carbonyl (C=O) groups is 1. The molecule has 0 saturated carbocycles. The highest BCUT2D eigenvalue weighted by atomic mass is 16.5. The lowest BCUT2D eigenvalue weighted by Gasteiger charge is -2.24. The van der Waals surface area contributed by atoms with Crippen LogP contribution in [-0.4, -0.2) is 38.7 Å². The van der Waals surface area contributed by atoms with Gasteiger partial charge in [0.25, 0.3) is 0 Å². The molecule has 0 aliphatic rings. The van der Waals surface area contributed by atoms with Crippen LogP contribution in [0.2, 0.25) is 0 Å². The highest BCUT2D eigenvalue weighted by Gasteiger charge is 2.19. The first kappa shape index (κ1) is 15.6. The molecule has 1 atom stereocenters. The molecule has 0 aliphatic carbocycles. The summed E-state index contributed by atoms with van der Waals surface area (Å²) in [5.41, 5.74) is 0. The van der Waals surface area contributed by atoms with Gasteiger partial charge in [-0.15, -0.1) is 0 Å². The minimum atomic E-state index is -0.842. The van der Waals surface area contributed by atoms with Gasteiger partial charge in [0, 0.05) is 12.5 Å². The van der Waals surface area contributed by atoms with Gasteiger partial charge in [-0.3, -0.25) is 9.69 Å². The van der Waals surface area contributed by atoms with Gasteiger partial charge in [-0.1, -0.05) is 25.4 Å². The first-order valence-electron chi connectivity index (χ1n) is 6.84. The van der Waals surface area contributed by atoms with Crippen molar-refractivity contribution in [2.75, 3.05) is 6.54 Å². The highest BCUT2D eigenvalue weighted by molar-refractivity contribution is 5.69. The Hall–Kier alpha value is -1.43. The standard InChI is InChI=1S/C13H23N3O3/c1-4-6-7-11-14-12(19-15-11)8-16(9-13(17)18)10(3)5-2/h10H,4-9H2,1-3H3,(H,17,18). The third kappa shape index (κ3) is 5.38. The van der Waals surface area contributed by atoms with Crippen LogP contribution in [0.5, 0.6) is 0 Å². The summed E-state index contributed by atoms with van der Waals surface area (Å²) < 4.78 is 5.17. The number of rotatable bonds is 9. The molecule has 0 spiro atoms. The highest BCUT2D eigenvalue weighted by Crippen LogP contribution is 2.10. The average molecular weight is 269 g/mol. The van der Waals surface area contributed by atoms with Crippen molar-refractivity contribution < 1.29 is 14.4 Å². The fraction of sp³-hybridized carbons (Fsp3) is 0.769. The topological polar surface area (TPSA) is 79.5 Å². The first-order valence-corrected chi connectivity index (χ1v) is 6.84. The number of hydrogen-bond donors (Lipinski definition) is 1. The zero-order valence-electron chi connectivity index (χ0n) is 11.9. The summed E-state index contributed by atoms with van der Waals surface area (Å²) in [4.78, 5) is 17.0. The molecule has 6 heteroatoms. The molecule has 108 valence electrons. The largest absolute Gasteiger partial charge is 0.480 e. The van der Waals surface area contributed by atoms with Crippen molar-refractivity contribution in [3.63, 3.8) is 0 Å². The van der Waals surface area contributed by atoms with Gasteiger partial charge < -0.3 is 9.63 Å². The van der Waals surface area contributed by atoms with Crippen LogP contribution in [0, 0.1) is 0 Å². The number of aromatic nitrogens is 2. The number of aliphatic carboxylic acids is 1. The third-order valence-electron chi connectivity index (χ3n) is 3.15. The van der Waals surface area contributed by atoms with E-state index in [-0.39, 0.29) is 12.6 Å². The van der Waals surface area contributed by atoms with E-state index in [0.717, 1.165) is 25.7 Å². The minimum Gasteiger partial charge on any atom is -0.480 e. The Kier molecular flexibility index (Phi) is 6.49. The van der Waals surface area contributed by atoms with Gasteiger partial charge in [0.1, 0.15) is 0 Å². The van der Waals surface area contributed by atoms with Crippen molar-refractivity contribution in [3.05, 3.63) is 11.7 Å². The van der Waals surface area contributed by atoms with Crippen LogP contribution in [0.1, 0.15) is 51.7 Å². The van der Waals surface area contributed by atoms with Crippen molar-refractivity contribution in [1.82, 2.24) is 15.0 Å². The monoisotopic (exact) mass is 269 g/mol. The average Bonchev–Trinajstić information content (AvgIpc) is 2.81. The molecule has 0 amide bonds. The number of carboxylic acids is 1. The molecule has 0 bridgehead atoms. The Balaban J connectivity index is 2.62. The number of aryl methyl sites for hydroxylation is 1. The van der Waals surface area contributed by atoms with Crippen molar-refractivity contribution in [2.45, 2.75) is 59.0 Å². The van der Waals surface area contributed by atoms with Crippen molar-refractivity contribution in [3.8, 4) is 0 Å². The SMILES string of the molecule is CCCCc1noc(CN(CC(=O)O)C(C)CC)n1. The summed E-state index contributed by atoms with van der Waals surface area (Å²) >= 11 is 0. The number of unbranched alkanes of at least 4 members (excludes halogenated alkanes) is 1. The summed E-state index contributed by atoms with van der Waals surface area (Å²) in [5, 5.41) is 12.8. The van der Waals surface area contributed by atoms with Gasteiger partial charge in [-0.2, -0.15) is 4.98 Å². The molecule has 0 aromatic carbocycles. The Labute approximate surface area is 113 Å². The predicted molar refractivity (Wildman–Crippen MR) is 70.7 cm³/mol. The molecule has 6 nitrogen and oxygen atoms in total. The second kappa shape index (κ2) is 7.89. The predicted octanol–water partition coefficient (Wildman–Crippen LogP) is 2.10. The van der Waals surface area contributed by atoms with Crippen molar-refractivity contribution in [2.24, 2.45) is 0 Å². The first-order chi connectivity index (χ1) is 9.06. The van der Waals surface area contributed by atoms with E-state index in [2.05, 4.69) is 17.1 Å². The van der Waals surface area contributed by atoms with Crippen LogP contribution in [0.15, 0.2) is 4.52 Å². The van der Waals surface area contributed by atoms with Crippen molar-refractivity contribution in [1.29, 1.82) is 0 Å². The zero-order valence-corrected chi connectivity index (χ0v) is 11.9. The Bertz CT molecular complexity index is 392. The summed E-state index contributed by atoms with van der Waals surface area (Å²) in [7, 11) is 0. The summed E-state index contributed by atoms with van der Waals surface area (Å²) in [6, 6.07) is 0.169. The van der Waals surface area contributed by atoms with E-state index < -0.39 is 5.97 Å². The van der Waals surface area contributed by atoms with E-state index in [0.29, 0.717) is 18.3 Å². The summed E-state index contributed by atoms with van der Waals surface area (Å²) in [5.74, 6) is 0.356. The maximum Gasteiger partial charge on any atom is 0.317 e. The van der Waals surface area contributed by atoms with E-state index in [9.17, 15) is 4.79 Å². The molecule has 19 heavy (non-hydrogen) atoms. The molecule has 0 fully saturated rings. The van der Waals surface area contributed by atoms with Crippen LogP contribution in [0.25, 0.3) is 0 Å². The molecule has 1 unspecified atom stereocenters. The Morgan fingerprint density at radius 2 is 2.21 bits per heavy atom. The van der Waals surface area contributed by atoms with E-state index in [1.54, 1.807) is 0 Å². The zero-order chi connectivity index (χ0) is 14.3. The number of nitrogens with zero attached hydrogens (tertiary/aromatic N) is 3. The molecular weight excluding hydrogens is 246 g/mol. The summed E-state index contributed by atoms with van der Waals surface area (Å²) in [6.07, 6.45) is 3.80. The Morgan fingerprint density at radius 3 is 2.79 bits per heavy atom. The van der Waals surface area contributed by atoms with E-state index >= 15 is 0 Å². The van der Waals surface area contributed by atoms with Gasteiger partial charge in [-0.25, -0.2) is 0 Å². The van der Waals surface area contributed by atoms with Crippen LogP contribution in [0.3, 0.4) is 0 Å². The fourth-order valence-electron chi connectivity index (χ4n) is 1.76. The second-order valence-corrected chi connectivity index (χ2v) is 4.76. The lowest BCUT2D eigenvalue weighted by Crippen LogP contribution is -2.36. The van der Waals surface area contributed by atoms with E-state index in [1.165, 1.54) is 0 Å². The molecule has 1 rings (SSSR count). The van der Waals surface area contributed by atoms with Crippen LogP contribution in [0.4, 0.5) is 0 Å². The van der Waals surface area contributed by atoms with Gasteiger partial charge in [-0.05, 0) is 19.8 Å². The molecule has 0 radical (unpaired) electrons. The quantitative estimate of drug-likeness (QED) is 0.739. The van der Waals surface area contributed by atoms with E-state index in [4.69, 9.17) is 9.63 Å². The summed E-state index contributed by atoms with van der Waals surface area (Å²) in [6.45, 7) is 6.51. The molecule has 1 aromatic rings. The molecule has 0 saturated heterocycles. The third-order valence-corrected chi connectivity index (χ3v) is 3.15. The molecule has 1 aromatic heterocycles. The van der Waals surface area contributed by atoms with Crippen LogP contribution in [-0.2, 0) is 17.8 Å². The minimum absolute atomic E-state index is 0.0122. The lowest BCUT2D eigenvalue weighted by atomic mass is 10.2. The fourth-order valence-corrected chi connectivity index (χ4v) is 1.76. The number of hydrogen-bond acceptors (Lipinski definition) is 5. The molecule has 1 N–H and O–H groups in total. The smallest absolute Gasteiger partial charge is 0.317 e. The van der Waals surface area contributed by atoms with Crippen LogP contribution < -0.4 is 0 Å². The Morgan fingerprint density at radius 1 is 1.47 bits per heavy atom. The van der Waals surface area contributed by atoms with Gasteiger partial charge in [0.2, 0.25) is 5.89 Å². The maximum absolute atomic E-state index is 10.9. The second-order valence-electron chi connectivity index (χ2n) is 4.76. The van der Waals surface area contributed by atoms with Gasteiger partial charge in [0.05, 0.1) is 13.1 Å². The molecular formula is C13H23N3O3. The van der Waals surface area contributed by atoms with Gasteiger partial charge >= 0.3 is 5.97 Å². The lowest BCUT2D eigenvalue weighted by molar-refractivity contribution is -0.139. The van der Waals surface area contributed by atoms with Crippen LogP contribution >= 0.6 is 0 Å². The van der Waals surface area contributed by atoms with Crippen molar-refractivity contribution >= 4 is 5.97 Å². The van der Waals surface area contributed by atoms with E-state index in [1.807, 2.05) is 18.7 Å². The molecule has 0 aliphatic heterocycles. The normalized spacial score (nSPS) is 12.8. The van der Waals surface area contributed by atoms with Gasteiger partial charge in [0.15, 0.2) is 5.82 Å². The molecule has 1 heterocycles.